The van der Waals surface area contributed by atoms with Crippen molar-refractivity contribution in [1.82, 2.24) is 10.2 Å². The van der Waals surface area contributed by atoms with Gasteiger partial charge in [0.2, 0.25) is 0 Å². The number of hydrogen-bond acceptors (Lipinski definition) is 2. The summed E-state index contributed by atoms with van der Waals surface area (Å²) in [5.41, 5.74) is 0. The summed E-state index contributed by atoms with van der Waals surface area (Å²) in [6.07, 6.45) is 5.27. The molecule has 0 aromatic carbocycles. The molecule has 2 atom stereocenters. The molecule has 0 bridgehead atoms. The molecule has 1 saturated heterocycles. The second-order valence-electron chi connectivity index (χ2n) is 4.98. The molecule has 2 unspecified atom stereocenters. The Morgan fingerprint density at radius 1 is 1.27 bits per heavy atom. The Labute approximate surface area is 95.4 Å². The van der Waals surface area contributed by atoms with E-state index in [0.29, 0.717) is 0 Å². The highest BCUT2D eigenvalue weighted by atomic mass is 15.1. The van der Waals surface area contributed by atoms with Gasteiger partial charge in [0.1, 0.15) is 0 Å². The molecule has 0 aromatic rings. The van der Waals surface area contributed by atoms with E-state index in [1.54, 1.807) is 0 Å². The fourth-order valence-electron chi connectivity index (χ4n) is 2.45. The molecule has 0 aromatic heterocycles. The summed E-state index contributed by atoms with van der Waals surface area (Å²) in [6.45, 7) is 12.0. The Morgan fingerprint density at radius 2 is 2.07 bits per heavy atom. The van der Waals surface area contributed by atoms with Gasteiger partial charge < -0.3 is 10.2 Å². The van der Waals surface area contributed by atoms with Crippen molar-refractivity contribution in [3.05, 3.63) is 0 Å². The quantitative estimate of drug-likeness (QED) is 0.728. The molecule has 0 radical (unpaired) electrons. The number of hydrogen-bond donors (Lipinski definition) is 1. The highest BCUT2D eigenvalue weighted by Crippen LogP contribution is 2.17. The van der Waals surface area contributed by atoms with E-state index in [1.165, 1.54) is 51.9 Å². The van der Waals surface area contributed by atoms with Gasteiger partial charge in [-0.05, 0) is 44.8 Å². The molecule has 1 aliphatic rings. The Hall–Kier alpha value is -0.0800. The van der Waals surface area contributed by atoms with E-state index in [9.17, 15) is 0 Å². The SMILES string of the molecule is CCCCN1CCC(NCCC)C(C)C1. The van der Waals surface area contributed by atoms with Crippen LogP contribution < -0.4 is 5.32 Å². The number of rotatable bonds is 6. The summed E-state index contributed by atoms with van der Waals surface area (Å²) in [4.78, 5) is 2.64. The van der Waals surface area contributed by atoms with E-state index in [1.807, 2.05) is 0 Å². The standard InChI is InChI=1S/C13H28N2/c1-4-6-9-15-10-7-13(12(3)11-15)14-8-5-2/h12-14H,4-11H2,1-3H3. The molecule has 0 amide bonds. The van der Waals surface area contributed by atoms with Crippen LogP contribution in [0, 0.1) is 5.92 Å². The van der Waals surface area contributed by atoms with Gasteiger partial charge in [0.25, 0.3) is 0 Å². The Morgan fingerprint density at radius 3 is 2.67 bits per heavy atom. The van der Waals surface area contributed by atoms with Gasteiger partial charge in [-0.25, -0.2) is 0 Å². The van der Waals surface area contributed by atoms with Crippen molar-refractivity contribution in [3.63, 3.8) is 0 Å². The minimum atomic E-state index is 0.767. The lowest BCUT2D eigenvalue weighted by atomic mass is 9.93. The molecule has 1 heterocycles. The average molecular weight is 212 g/mol. The average Bonchev–Trinajstić information content (AvgIpc) is 2.25. The maximum atomic E-state index is 3.67. The number of nitrogens with zero attached hydrogens (tertiary/aromatic N) is 1. The van der Waals surface area contributed by atoms with Crippen LogP contribution in [0.1, 0.15) is 46.5 Å². The van der Waals surface area contributed by atoms with Crippen molar-refractivity contribution >= 4 is 0 Å². The summed E-state index contributed by atoms with van der Waals surface area (Å²) in [5, 5.41) is 3.67. The number of likely N-dealkylation sites (tertiary alicyclic amines) is 1. The first-order valence-corrected chi connectivity index (χ1v) is 6.73. The fourth-order valence-corrected chi connectivity index (χ4v) is 2.45. The van der Waals surface area contributed by atoms with Gasteiger partial charge in [0.15, 0.2) is 0 Å². The van der Waals surface area contributed by atoms with Crippen LogP contribution in [0.2, 0.25) is 0 Å². The van der Waals surface area contributed by atoms with Crippen LogP contribution in [-0.4, -0.2) is 37.1 Å². The molecule has 2 nitrogen and oxygen atoms in total. The van der Waals surface area contributed by atoms with Crippen molar-refractivity contribution in [2.45, 2.75) is 52.5 Å². The summed E-state index contributed by atoms with van der Waals surface area (Å²) < 4.78 is 0. The molecule has 90 valence electrons. The summed E-state index contributed by atoms with van der Waals surface area (Å²) >= 11 is 0. The third-order valence-electron chi connectivity index (χ3n) is 3.47. The van der Waals surface area contributed by atoms with E-state index < -0.39 is 0 Å². The second kappa shape index (κ2) is 7.24. The van der Waals surface area contributed by atoms with Crippen LogP contribution in [0.5, 0.6) is 0 Å². The van der Waals surface area contributed by atoms with Crippen LogP contribution in [0.15, 0.2) is 0 Å². The summed E-state index contributed by atoms with van der Waals surface area (Å²) in [5.74, 6) is 0.821. The number of nitrogens with one attached hydrogen (secondary N) is 1. The summed E-state index contributed by atoms with van der Waals surface area (Å²) in [6, 6.07) is 0.767. The van der Waals surface area contributed by atoms with Gasteiger partial charge in [0.05, 0.1) is 0 Å². The van der Waals surface area contributed by atoms with Crippen molar-refractivity contribution in [2.24, 2.45) is 5.92 Å². The van der Waals surface area contributed by atoms with E-state index in [-0.39, 0.29) is 0 Å². The molecule has 15 heavy (non-hydrogen) atoms. The van der Waals surface area contributed by atoms with Crippen LogP contribution >= 0.6 is 0 Å². The zero-order valence-electron chi connectivity index (χ0n) is 10.8. The largest absolute Gasteiger partial charge is 0.314 e. The molecule has 0 spiro atoms. The third kappa shape index (κ3) is 4.52. The third-order valence-corrected chi connectivity index (χ3v) is 3.47. The van der Waals surface area contributed by atoms with E-state index in [0.717, 1.165) is 12.0 Å². The van der Waals surface area contributed by atoms with Crippen molar-refractivity contribution in [2.75, 3.05) is 26.2 Å². The highest BCUT2D eigenvalue weighted by Gasteiger charge is 2.24. The zero-order chi connectivity index (χ0) is 11.1. The number of piperidine rings is 1. The molecule has 0 saturated carbocycles. The van der Waals surface area contributed by atoms with Crippen molar-refractivity contribution in [1.29, 1.82) is 0 Å². The predicted octanol–water partition coefficient (Wildman–Crippen LogP) is 2.50. The molecular weight excluding hydrogens is 184 g/mol. The van der Waals surface area contributed by atoms with Crippen molar-refractivity contribution in [3.8, 4) is 0 Å². The Kier molecular flexibility index (Phi) is 6.26. The molecule has 1 N–H and O–H groups in total. The van der Waals surface area contributed by atoms with E-state index >= 15 is 0 Å². The topological polar surface area (TPSA) is 15.3 Å². The van der Waals surface area contributed by atoms with Gasteiger partial charge >= 0.3 is 0 Å². The smallest absolute Gasteiger partial charge is 0.0117 e. The first-order valence-electron chi connectivity index (χ1n) is 6.73. The zero-order valence-corrected chi connectivity index (χ0v) is 10.8. The Balaban J connectivity index is 2.21. The van der Waals surface area contributed by atoms with E-state index in [2.05, 4.69) is 31.0 Å². The van der Waals surface area contributed by atoms with Crippen LogP contribution in [-0.2, 0) is 0 Å². The van der Waals surface area contributed by atoms with Crippen LogP contribution in [0.4, 0.5) is 0 Å². The fraction of sp³-hybridized carbons (Fsp3) is 1.00. The molecule has 1 rings (SSSR count). The lowest BCUT2D eigenvalue weighted by Crippen LogP contribution is -2.48. The highest BCUT2D eigenvalue weighted by molar-refractivity contribution is 4.82. The monoisotopic (exact) mass is 212 g/mol. The second-order valence-corrected chi connectivity index (χ2v) is 4.98. The first kappa shape index (κ1) is 13.0. The van der Waals surface area contributed by atoms with Crippen LogP contribution in [0.25, 0.3) is 0 Å². The van der Waals surface area contributed by atoms with Crippen LogP contribution in [0.3, 0.4) is 0 Å². The van der Waals surface area contributed by atoms with Crippen molar-refractivity contribution < 1.29 is 0 Å². The van der Waals surface area contributed by atoms with Gasteiger partial charge in [-0.1, -0.05) is 27.2 Å². The minimum Gasteiger partial charge on any atom is -0.314 e. The maximum absolute atomic E-state index is 3.67. The van der Waals surface area contributed by atoms with Gasteiger partial charge in [-0.15, -0.1) is 0 Å². The normalized spacial score (nSPS) is 28.2. The lowest BCUT2D eigenvalue weighted by molar-refractivity contribution is 0.146. The summed E-state index contributed by atoms with van der Waals surface area (Å²) in [7, 11) is 0. The lowest BCUT2D eigenvalue weighted by Gasteiger charge is -2.37. The van der Waals surface area contributed by atoms with Gasteiger partial charge in [-0.3, -0.25) is 0 Å². The number of unbranched alkanes of at least 4 members (excludes halogenated alkanes) is 1. The molecule has 1 aliphatic heterocycles. The van der Waals surface area contributed by atoms with Gasteiger partial charge in [-0.2, -0.15) is 0 Å². The van der Waals surface area contributed by atoms with E-state index in [4.69, 9.17) is 0 Å². The first-order chi connectivity index (χ1) is 7.27. The maximum Gasteiger partial charge on any atom is 0.0117 e. The Bertz CT molecular complexity index is 159. The molecular formula is C13H28N2. The minimum absolute atomic E-state index is 0.767. The molecule has 1 fully saturated rings. The van der Waals surface area contributed by atoms with Gasteiger partial charge in [0, 0.05) is 12.6 Å². The molecule has 0 aliphatic carbocycles. The molecule has 2 heteroatoms. The predicted molar refractivity (Wildman–Crippen MR) is 67.2 cm³/mol.